The summed E-state index contributed by atoms with van der Waals surface area (Å²) in [5, 5.41) is 8.97. The van der Waals surface area contributed by atoms with Gasteiger partial charge in [-0.15, -0.1) is 0 Å². The van der Waals surface area contributed by atoms with Crippen molar-refractivity contribution in [3.05, 3.63) is 0 Å². The van der Waals surface area contributed by atoms with Gasteiger partial charge in [-0.3, -0.25) is 9.59 Å². The van der Waals surface area contributed by atoms with Crippen LogP contribution in [-0.4, -0.2) is 56.0 Å². The average molecular weight is 308 g/mol. The van der Waals surface area contributed by atoms with E-state index in [-0.39, 0.29) is 0 Å². The summed E-state index contributed by atoms with van der Waals surface area (Å²) >= 11 is 0. The predicted octanol–water partition coefficient (Wildman–Crippen LogP) is -0.431. The van der Waals surface area contributed by atoms with Crippen LogP contribution in [0.3, 0.4) is 0 Å². The molecule has 0 aromatic rings. The number of piperidine rings is 1. The van der Waals surface area contributed by atoms with Gasteiger partial charge in [0.05, 0.1) is 13.5 Å². The molecule has 0 amide bonds. The van der Waals surface area contributed by atoms with Gasteiger partial charge in [0.1, 0.15) is 6.04 Å². The van der Waals surface area contributed by atoms with Gasteiger partial charge in [-0.2, -0.15) is 17.4 Å². The van der Waals surface area contributed by atoms with E-state index < -0.39 is 34.6 Å². The Morgan fingerprint density at radius 1 is 1.40 bits per heavy atom. The molecule has 0 aliphatic carbocycles. The number of aliphatic carboxylic acids is 1. The second-order valence-corrected chi connectivity index (χ2v) is 6.58. The largest absolute Gasteiger partial charge is 0.480 e. The van der Waals surface area contributed by atoms with Crippen LogP contribution in [0, 0.1) is 5.92 Å². The molecule has 9 heteroatoms. The Kier molecular flexibility index (Phi) is 5.90. The van der Waals surface area contributed by atoms with Crippen molar-refractivity contribution in [2.45, 2.75) is 32.2 Å². The van der Waals surface area contributed by atoms with E-state index >= 15 is 0 Å². The van der Waals surface area contributed by atoms with Crippen LogP contribution in [0.2, 0.25) is 0 Å². The third-order valence-corrected chi connectivity index (χ3v) is 4.90. The topological polar surface area (TPSA) is 113 Å². The average Bonchev–Trinajstić information content (AvgIpc) is 2.37. The molecule has 1 fully saturated rings. The highest BCUT2D eigenvalue weighted by Gasteiger charge is 2.32. The van der Waals surface area contributed by atoms with E-state index in [0.29, 0.717) is 19.0 Å². The van der Waals surface area contributed by atoms with E-state index in [4.69, 9.17) is 5.11 Å². The normalized spacial score (nSPS) is 19.5. The number of methoxy groups -OCH3 is 1. The van der Waals surface area contributed by atoms with Crippen LogP contribution in [0.1, 0.15) is 26.2 Å². The van der Waals surface area contributed by atoms with Crippen molar-refractivity contribution in [1.82, 2.24) is 9.03 Å². The van der Waals surface area contributed by atoms with E-state index in [1.165, 1.54) is 4.31 Å². The number of esters is 1. The first-order valence-corrected chi connectivity index (χ1v) is 7.77. The number of nitrogens with one attached hydrogen (secondary N) is 1. The Bertz CT molecular complexity index is 456. The lowest BCUT2D eigenvalue weighted by Crippen LogP contribution is -2.51. The minimum absolute atomic E-state index is 0.348. The fourth-order valence-electron chi connectivity index (χ4n) is 1.91. The Hall–Kier alpha value is -1.19. The molecule has 8 nitrogen and oxygen atoms in total. The van der Waals surface area contributed by atoms with Crippen molar-refractivity contribution in [2.75, 3.05) is 20.2 Å². The van der Waals surface area contributed by atoms with Crippen molar-refractivity contribution >= 4 is 22.1 Å². The van der Waals surface area contributed by atoms with Gasteiger partial charge in [0, 0.05) is 13.1 Å². The molecule has 0 bridgehead atoms. The number of ether oxygens (including phenoxy) is 1. The molecule has 0 saturated carbocycles. The summed E-state index contributed by atoms with van der Waals surface area (Å²) in [5.41, 5.74) is 0. The fourth-order valence-corrected chi connectivity index (χ4v) is 3.29. The van der Waals surface area contributed by atoms with Gasteiger partial charge in [-0.05, 0) is 18.8 Å². The minimum atomic E-state index is -3.91. The summed E-state index contributed by atoms with van der Waals surface area (Å²) in [7, 11) is -2.80. The molecule has 0 unspecified atom stereocenters. The maximum absolute atomic E-state index is 12.1. The Labute approximate surface area is 118 Å². The van der Waals surface area contributed by atoms with E-state index in [1.54, 1.807) is 0 Å². The predicted molar refractivity (Wildman–Crippen MR) is 70.1 cm³/mol. The summed E-state index contributed by atoms with van der Waals surface area (Å²) in [6.07, 6.45) is 0.917. The molecule has 1 aliphatic rings. The molecule has 1 atom stereocenters. The maximum atomic E-state index is 12.1. The van der Waals surface area contributed by atoms with E-state index in [2.05, 4.69) is 4.74 Å². The van der Waals surface area contributed by atoms with E-state index in [9.17, 15) is 18.0 Å². The number of carboxylic acids is 1. The Morgan fingerprint density at radius 2 is 1.95 bits per heavy atom. The number of nitrogens with zero attached hydrogens (tertiary/aromatic N) is 1. The number of rotatable bonds is 6. The number of carboxylic acid groups (broad SMARTS) is 1. The summed E-state index contributed by atoms with van der Waals surface area (Å²) in [4.78, 5) is 22.1. The summed E-state index contributed by atoms with van der Waals surface area (Å²) in [6, 6.07) is -1.52. The van der Waals surface area contributed by atoms with Gasteiger partial charge < -0.3 is 9.84 Å². The Morgan fingerprint density at radius 3 is 2.40 bits per heavy atom. The second-order valence-electron chi connectivity index (χ2n) is 4.88. The molecular formula is C11H20N2O6S. The first-order chi connectivity index (χ1) is 9.26. The van der Waals surface area contributed by atoms with Gasteiger partial charge in [-0.1, -0.05) is 6.92 Å². The zero-order valence-electron chi connectivity index (χ0n) is 11.5. The van der Waals surface area contributed by atoms with Crippen molar-refractivity contribution < 1.29 is 27.9 Å². The van der Waals surface area contributed by atoms with Gasteiger partial charge in [0.2, 0.25) is 0 Å². The van der Waals surface area contributed by atoms with Crippen molar-refractivity contribution in [3.63, 3.8) is 0 Å². The van der Waals surface area contributed by atoms with Crippen LogP contribution >= 0.6 is 0 Å². The third-order valence-electron chi connectivity index (χ3n) is 3.27. The monoisotopic (exact) mass is 308 g/mol. The van der Waals surface area contributed by atoms with Crippen molar-refractivity contribution in [1.29, 1.82) is 0 Å². The lowest BCUT2D eigenvalue weighted by Gasteiger charge is -2.30. The fraction of sp³-hybridized carbons (Fsp3) is 0.818. The van der Waals surface area contributed by atoms with Crippen molar-refractivity contribution in [2.24, 2.45) is 5.92 Å². The van der Waals surface area contributed by atoms with Gasteiger partial charge in [0.15, 0.2) is 0 Å². The van der Waals surface area contributed by atoms with E-state index in [0.717, 1.165) is 20.0 Å². The van der Waals surface area contributed by atoms with Gasteiger partial charge in [0.25, 0.3) is 10.2 Å². The SMILES string of the molecule is COC(=O)C[C@H](NS(=O)(=O)N1CCC(C)CC1)C(=O)O. The summed E-state index contributed by atoms with van der Waals surface area (Å²) < 4.78 is 31.8. The van der Waals surface area contributed by atoms with Crippen LogP contribution in [0.4, 0.5) is 0 Å². The van der Waals surface area contributed by atoms with Crippen molar-refractivity contribution in [3.8, 4) is 0 Å². The smallest absolute Gasteiger partial charge is 0.322 e. The molecule has 0 aromatic carbocycles. The number of hydrogen-bond donors (Lipinski definition) is 2. The van der Waals surface area contributed by atoms with Crippen LogP contribution in [-0.2, 0) is 24.5 Å². The molecule has 0 radical (unpaired) electrons. The first-order valence-electron chi connectivity index (χ1n) is 6.33. The zero-order chi connectivity index (χ0) is 15.3. The highest BCUT2D eigenvalue weighted by atomic mass is 32.2. The van der Waals surface area contributed by atoms with Gasteiger partial charge in [-0.25, -0.2) is 0 Å². The Balaban J connectivity index is 2.71. The highest BCUT2D eigenvalue weighted by molar-refractivity contribution is 7.87. The lowest BCUT2D eigenvalue weighted by molar-refractivity contribution is -0.147. The molecule has 1 rings (SSSR count). The summed E-state index contributed by atoms with van der Waals surface area (Å²) in [6.45, 7) is 2.73. The van der Waals surface area contributed by atoms with Gasteiger partial charge >= 0.3 is 11.9 Å². The van der Waals surface area contributed by atoms with E-state index in [1.807, 2.05) is 11.6 Å². The van der Waals surface area contributed by atoms with Crippen LogP contribution < -0.4 is 4.72 Å². The number of carbonyl (C=O) groups is 2. The molecule has 0 aromatic heterocycles. The maximum Gasteiger partial charge on any atom is 0.322 e. The molecule has 20 heavy (non-hydrogen) atoms. The third kappa shape index (κ3) is 4.73. The summed E-state index contributed by atoms with van der Waals surface area (Å²) in [5.74, 6) is -1.75. The quantitative estimate of drug-likeness (QED) is 0.644. The lowest BCUT2D eigenvalue weighted by atomic mass is 10.0. The molecule has 0 spiro atoms. The van der Waals surface area contributed by atoms with Crippen LogP contribution in [0.15, 0.2) is 0 Å². The molecule has 2 N–H and O–H groups in total. The standard InChI is InChI=1S/C11H20N2O6S/c1-8-3-5-13(6-4-8)20(17,18)12-9(11(15)16)7-10(14)19-2/h8-9,12H,3-7H2,1-2H3,(H,15,16)/t9-/m0/s1. The molecule has 116 valence electrons. The first kappa shape index (κ1) is 16.9. The highest BCUT2D eigenvalue weighted by Crippen LogP contribution is 2.18. The second kappa shape index (κ2) is 7.00. The molecular weight excluding hydrogens is 288 g/mol. The van der Waals surface area contributed by atoms with Crippen LogP contribution in [0.25, 0.3) is 0 Å². The number of hydrogen-bond acceptors (Lipinski definition) is 5. The minimum Gasteiger partial charge on any atom is -0.480 e. The molecule has 1 aliphatic heterocycles. The van der Waals surface area contributed by atoms with Crippen LogP contribution in [0.5, 0.6) is 0 Å². The zero-order valence-corrected chi connectivity index (χ0v) is 12.4. The molecule has 1 heterocycles. The molecule has 1 saturated heterocycles. The number of carbonyl (C=O) groups excluding carboxylic acids is 1.